The molecule has 0 saturated heterocycles. The van der Waals surface area contributed by atoms with Crippen molar-refractivity contribution in [1.29, 1.82) is 5.26 Å². The summed E-state index contributed by atoms with van der Waals surface area (Å²) in [4.78, 5) is 0. The SMILES string of the molecule is CC(NCCSC(F)(F)F)c1ccc(OCC#N)cc1. The van der Waals surface area contributed by atoms with Crippen LogP contribution >= 0.6 is 11.8 Å². The Morgan fingerprint density at radius 2 is 2.00 bits per heavy atom. The molecule has 0 radical (unpaired) electrons. The number of hydrogen-bond acceptors (Lipinski definition) is 4. The van der Waals surface area contributed by atoms with Crippen molar-refractivity contribution in [3.8, 4) is 11.8 Å². The van der Waals surface area contributed by atoms with Crippen LogP contribution in [0.25, 0.3) is 0 Å². The molecule has 0 fully saturated rings. The molecule has 0 aliphatic rings. The van der Waals surface area contributed by atoms with Gasteiger partial charge in [-0.2, -0.15) is 18.4 Å². The molecule has 0 aliphatic carbocycles. The molecule has 1 aromatic rings. The van der Waals surface area contributed by atoms with Crippen molar-refractivity contribution in [2.24, 2.45) is 0 Å². The van der Waals surface area contributed by atoms with Gasteiger partial charge >= 0.3 is 5.51 Å². The van der Waals surface area contributed by atoms with Crippen molar-refractivity contribution in [3.05, 3.63) is 29.8 Å². The molecule has 1 N–H and O–H groups in total. The molecule has 1 unspecified atom stereocenters. The zero-order chi connectivity index (χ0) is 15.0. The lowest BCUT2D eigenvalue weighted by Gasteiger charge is -2.15. The molecule has 20 heavy (non-hydrogen) atoms. The number of halogens is 3. The highest BCUT2D eigenvalue weighted by atomic mass is 32.2. The first-order chi connectivity index (χ1) is 9.42. The van der Waals surface area contributed by atoms with Gasteiger partial charge < -0.3 is 10.1 Å². The van der Waals surface area contributed by atoms with E-state index in [0.29, 0.717) is 5.75 Å². The number of alkyl halides is 3. The minimum absolute atomic E-state index is 0.0121. The van der Waals surface area contributed by atoms with Gasteiger partial charge in [0.05, 0.1) is 0 Å². The maximum atomic E-state index is 11.9. The summed E-state index contributed by atoms with van der Waals surface area (Å²) in [6.45, 7) is 2.14. The second-order valence-electron chi connectivity index (χ2n) is 3.99. The largest absolute Gasteiger partial charge is 0.479 e. The highest BCUT2D eigenvalue weighted by molar-refractivity contribution is 8.00. The standard InChI is InChI=1S/C13H15F3N2OS/c1-10(18-7-9-20-13(14,15)16)11-2-4-12(5-3-11)19-8-6-17/h2-5,10,18H,7-9H2,1H3. The quantitative estimate of drug-likeness (QED) is 0.783. The Hall–Kier alpha value is -1.39. The lowest BCUT2D eigenvalue weighted by Crippen LogP contribution is -2.22. The molecular formula is C13H15F3N2OS. The van der Waals surface area contributed by atoms with Crippen LogP contribution in [0, 0.1) is 11.3 Å². The minimum atomic E-state index is -4.18. The smallest absolute Gasteiger partial charge is 0.441 e. The Labute approximate surface area is 120 Å². The van der Waals surface area contributed by atoms with Gasteiger partial charge in [-0.15, -0.1) is 0 Å². The van der Waals surface area contributed by atoms with Crippen LogP contribution in [0.2, 0.25) is 0 Å². The molecule has 3 nitrogen and oxygen atoms in total. The van der Waals surface area contributed by atoms with E-state index < -0.39 is 5.51 Å². The molecule has 0 aromatic heterocycles. The first-order valence-electron chi connectivity index (χ1n) is 5.96. The van der Waals surface area contributed by atoms with Gasteiger partial charge in [0.15, 0.2) is 6.61 Å². The first-order valence-corrected chi connectivity index (χ1v) is 6.94. The van der Waals surface area contributed by atoms with Crippen molar-refractivity contribution in [2.75, 3.05) is 18.9 Å². The third-order valence-electron chi connectivity index (χ3n) is 2.50. The van der Waals surface area contributed by atoms with Crippen LogP contribution in [-0.4, -0.2) is 24.4 Å². The lowest BCUT2D eigenvalue weighted by molar-refractivity contribution is -0.0327. The van der Waals surface area contributed by atoms with Crippen LogP contribution in [0.15, 0.2) is 24.3 Å². The molecule has 7 heteroatoms. The van der Waals surface area contributed by atoms with E-state index in [1.165, 1.54) is 0 Å². The van der Waals surface area contributed by atoms with Crippen LogP contribution in [-0.2, 0) is 0 Å². The van der Waals surface area contributed by atoms with E-state index in [2.05, 4.69) is 5.32 Å². The zero-order valence-corrected chi connectivity index (χ0v) is 11.7. The topological polar surface area (TPSA) is 45.0 Å². The molecule has 0 saturated carbocycles. The monoisotopic (exact) mass is 304 g/mol. The summed E-state index contributed by atoms with van der Waals surface area (Å²) in [5, 5.41) is 11.4. The summed E-state index contributed by atoms with van der Waals surface area (Å²) in [6, 6.07) is 8.93. The van der Waals surface area contributed by atoms with Gasteiger partial charge in [-0.25, -0.2) is 0 Å². The van der Waals surface area contributed by atoms with Gasteiger partial charge in [-0.3, -0.25) is 0 Å². The van der Waals surface area contributed by atoms with Crippen molar-refractivity contribution < 1.29 is 17.9 Å². The predicted octanol–water partition coefficient (Wildman–Crippen LogP) is 3.49. The lowest BCUT2D eigenvalue weighted by atomic mass is 10.1. The number of hydrogen-bond donors (Lipinski definition) is 1. The van der Waals surface area contributed by atoms with E-state index in [0.717, 1.165) is 5.56 Å². The van der Waals surface area contributed by atoms with Gasteiger partial charge in [-0.1, -0.05) is 12.1 Å². The summed E-state index contributed by atoms with van der Waals surface area (Å²) in [5.74, 6) is 0.576. The summed E-state index contributed by atoms with van der Waals surface area (Å²) in [5.41, 5.74) is -3.23. The van der Waals surface area contributed by atoms with Crippen LogP contribution in [0.1, 0.15) is 18.5 Å². The molecule has 1 aromatic carbocycles. The highest BCUT2D eigenvalue weighted by Crippen LogP contribution is 2.29. The Morgan fingerprint density at radius 1 is 1.35 bits per heavy atom. The summed E-state index contributed by atoms with van der Waals surface area (Å²) < 4.78 is 41.0. The number of thioether (sulfide) groups is 1. The maximum Gasteiger partial charge on any atom is 0.441 e. The normalized spacial score (nSPS) is 12.8. The van der Waals surface area contributed by atoms with Gasteiger partial charge in [-0.05, 0) is 36.4 Å². The Morgan fingerprint density at radius 3 is 2.55 bits per heavy atom. The number of nitriles is 1. The Kier molecular flexibility index (Phi) is 6.68. The van der Waals surface area contributed by atoms with E-state index >= 15 is 0 Å². The molecule has 0 amide bonds. The second kappa shape index (κ2) is 8.02. The van der Waals surface area contributed by atoms with E-state index in [9.17, 15) is 13.2 Å². The van der Waals surface area contributed by atoms with Gasteiger partial charge in [0.1, 0.15) is 11.8 Å². The van der Waals surface area contributed by atoms with Crippen LogP contribution in [0.4, 0.5) is 13.2 Å². The maximum absolute atomic E-state index is 11.9. The molecule has 0 spiro atoms. The molecule has 0 heterocycles. The molecule has 1 atom stereocenters. The third kappa shape index (κ3) is 6.68. The number of nitrogens with zero attached hydrogens (tertiary/aromatic N) is 1. The van der Waals surface area contributed by atoms with Crippen LogP contribution < -0.4 is 10.1 Å². The second-order valence-corrected chi connectivity index (χ2v) is 5.15. The number of ether oxygens (including phenoxy) is 1. The molecule has 0 aliphatic heterocycles. The number of nitrogens with one attached hydrogen (secondary N) is 1. The van der Waals surface area contributed by atoms with Crippen LogP contribution in [0.5, 0.6) is 5.75 Å². The third-order valence-corrected chi connectivity index (χ3v) is 3.24. The zero-order valence-electron chi connectivity index (χ0n) is 10.9. The molecule has 1 rings (SSSR count). The fourth-order valence-corrected chi connectivity index (χ4v) is 1.98. The van der Waals surface area contributed by atoms with E-state index in [1.54, 1.807) is 12.1 Å². The van der Waals surface area contributed by atoms with Crippen molar-refractivity contribution in [3.63, 3.8) is 0 Å². The summed E-state index contributed by atoms with van der Waals surface area (Å²) in [6.07, 6.45) is 0. The predicted molar refractivity (Wildman–Crippen MR) is 72.5 cm³/mol. The number of benzene rings is 1. The molecule has 110 valence electrons. The van der Waals surface area contributed by atoms with E-state index in [1.807, 2.05) is 25.1 Å². The fraction of sp³-hybridized carbons (Fsp3) is 0.462. The van der Waals surface area contributed by atoms with Crippen molar-refractivity contribution in [1.82, 2.24) is 5.32 Å². The van der Waals surface area contributed by atoms with Crippen molar-refractivity contribution in [2.45, 2.75) is 18.5 Å². The average molecular weight is 304 g/mol. The minimum Gasteiger partial charge on any atom is -0.479 e. The van der Waals surface area contributed by atoms with Crippen molar-refractivity contribution >= 4 is 11.8 Å². The van der Waals surface area contributed by atoms with Gasteiger partial charge in [0.25, 0.3) is 0 Å². The van der Waals surface area contributed by atoms with Gasteiger partial charge in [0, 0.05) is 18.3 Å². The average Bonchev–Trinajstić information content (AvgIpc) is 2.40. The summed E-state index contributed by atoms with van der Waals surface area (Å²) >= 11 is -0.0308. The van der Waals surface area contributed by atoms with Crippen LogP contribution in [0.3, 0.4) is 0 Å². The highest BCUT2D eigenvalue weighted by Gasteiger charge is 2.27. The Bertz CT molecular complexity index is 442. The molecule has 0 bridgehead atoms. The van der Waals surface area contributed by atoms with E-state index in [4.69, 9.17) is 10.00 Å². The first kappa shape index (κ1) is 16.7. The molecular weight excluding hydrogens is 289 g/mol. The Balaban J connectivity index is 2.36. The van der Waals surface area contributed by atoms with E-state index in [-0.39, 0.29) is 36.7 Å². The summed E-state index contributed by atoms with van der Waals surface area (Å²) in [7, 11) is 0. The fourth-order valence-electron chi connectivity index (χ4n) is 1.53. The van der Waals surface area contributed by atoms with Gasteiger partial charge in [0.2, 0.25) is 0 Å². The number of rotatable bonds is 7.